The summed E-state index contributed by atoms with van der Waals surface area (Å²) in [5, 5.41) is 3.64. The molecule has 0 radical (unpaired) electrons. The third-order valence-electron chi connectivity index (χ3n) is 3.44. The first kappa shape index (κ1) is 11.3. The van der Waals surface area contributed by atoms with E-state index in [-0.39, 0.29) is 0 Å². The maximum absolute atomic E-state index is 4.11. The van der Waals surface area contributed by atoms with E-state index in [0.29, 0.717) is 6.04 Å². The summed E-state index contributed by atoms with van der Waals surface area (Å²) >= 11 is 0. The van der Waals surface area contributed by atoms with Gasteiger partial charge in [-0.2, -0.15) is 0 Å². The fraction of sp³-hybridized carbons (Fsp3) is 0.357. The van der Waals surface area contributed by atoms with Crippen LogP contribution in [-0.4, -0.2) is 40.6 Å². The van der Waals surface area contributed by atoms with E-state index in [1.54, 1.807) is 6.20 Å². The number of aromatic nitrogens is 2. The van der Waals surface area contributed by atoms with Crippen LogP contribution in [0.2, 0.25) is 0 Å². The highest BCUT2D eigenvalue weighted by atomic mass is 15.2. The Morgan fingerprint density at radius 3 is 2.94 bits per heavy atom. The topological polar surface area (TPSA) is 33.1 Å². The molecule has 0 amide bonds. The van der Waals surface area contributed by atoms with Crippen molar-refractivity contribution in [3.8, 4) is 5.69 Å². The molecule has 2 aromatic rings. The molecule has 4 nitrogen and oxygen atoms in total. The highest BCUT2D eigenvalue weighted by Gasteiger charge is 2.19. The molecule has 1 fully saturated rings. The van der Waals surface area contributed by atoms with E-state index in [1.807, 2.05) is 17.1 Å². The molecule has 2 heterocycles. The number of nitrogens with one attached hydrogen (secondary N) is 1. The van der Waals surface area contributed by atoms with Crippen LogP contribution in [-0.2, 0) is 0 Å². The van der Waals surface area contributed by atoms with Crippen molar-refractivity contribution in [3.05, 3.63) is 43.0 Å². The summed E-state index contributed by atoms with van der Waals surface area (Å²) < 4.78 is 2.04. The lowest BCUT2D eigenvalue weighted by atomic mass is 10.2. The average molecular weight is 242 g/mol. The van der Waals surface area contributed by atoms with Crippen LogP contribution in [0.5, 0.6) is 0 Å². The summed E-state index contributed by atoms with van der Waals surface area (Å²) in [5.74, 6) is 0. The number of likely N-dealkylation sites (N-methyl/N-ethyl adjacent to an activating group) is 1. The summed E-state index contributed by atoms with van der Waals surface area (Å²) in [6, 6.07) is 8.92. The molecule has 0 saturated carbocycles. The second kappa shape index (κ2) is 4.82. The van der Waals surface area contributed by atoms with Gasteiger partial charge in [-0.15, -0.1) is 0 Å². The molecule has 1 aromatic carbocycles. The Labute approximate surface area is 107 Å². The third kappa shape index (κ3) is 2.24. The Hall–Kier alpha value is -1.81. The number of hydrogen-bond donors (Lipinski definition) is 1. The smallest absolute Gasteiger partial charge is 0.0992 e. The molecule has 1 aromatic heterocycles. The molecular formula is C14H18N4. The van der Waals surface area contributed by atoms with Crippen LogP contribution < -0.4 is 5.32 Å². The van der Waals surface area contributed by atoms with E-state index in [1.165, 1.54) is 18.7 Å². The van der Waals surface area contributed by atoms with Gasteiger partial charge in [0.25, 0.3) is 0 Å². The van der Waals surface area contributed by atoms with Crippen LogP contribution in [0.1, 0.15) is 6.42 Å². The van der Waals surface area contributed by atoms with Gasteiger partial charge in [-0.25, -0.2) is 4.98 Å². The van der Waals surface area contributed by atoms with Crippen LogP contribution in [0.25, 0.3) is 5.69 Å². The summed E-state index contributed by atoms with van der Waals surface area (Å²) in [6.45, 7) is 2.28. The largest absolute Gasteiger partial charge is 0.379 e. The normalized spacial score (nSPS) is 20.2. The molecule has 3 rings (SSSR count). The zero-order valence-corrected chi connectivity index (χ0v) is 10.6. The minimum atomic E-state index is 0.541. The Morgan fingerprint density at radius 1 is 1.33 bits per heavy atom. The molecule has 4 heteroatoms. The van der Waals surface area contributed by atoms with Crippen LogP contribution in [0.3, 0.4) is 0 Å². The molecule has 1 N–H and O–H groups in total. The van der Waals surface area contributed by atoms with Gasteiger partial charge in [-0.1, -0.05) is 12.1 Å². The fourth-order valence-corrected chi connectivity index (χ4v) is 2.50. The van der Waals surface area contributed by atoms with Crippen molar-refractivity contribution in [2.24, 2.45) is 0 Å². The molecule has 94 valence electrons. The van der Waals surface area contributed by atoms with Crippen LogP contribution >= 0.6 is 0 Å². The number of para-hydroxylation sites is 2. The monoisotopic (exact) mass is 242 g/mol. The van der Waals surface area contributed by atoms with Crippen molar-refractivity contribution in [3.63, 3.8) is 0 Å². The van der Waals surface area contributed by atoms with Gasteiger partial charge in [0.2, 0.25) is 0 Å². The summed E-state index contributed by atoms with van der Waals surface area (Å²) in [6.07, 6.45) is 6.82. The van der Waals surface area contributed by atoms with Gasteiger partial charge < -0.3 is 14.8 Å². The average Bonchev–Trinajstić information content (AvgIpc) is 3.02. The number of nitrogens with zero attached hydrogens (tertiary/aromatic N) is 3. The number of rotatable bonds is 3. The minimum absolute atomic E-state index is 0.541. The third-order valence-corrected chi connectivity index (χ3v) is 3.44. The van der Waals surface area contributed by atoms with Crippen molar-refractivity contribution < 1.29 is 0 Å². The lowest BCUT2D eigenvalue weighted by molar-refractivity contribution is 0.414. The molecular weight excluding hydrogens is 224 g/mol. The zero-order chi connectivity index (χ0) is 12.4. The Balaban J connectivity index is 1.84. The molecule has 0 aliphatic carbocycles. The molecule has 1 aliphatic rings. The highest BCUT2D eigenvalue weighted by molar-refractivity contribution is 5.61. The van der Waals surface area contributed by atoms with Gasteiger partial charge in [-0.05, 0) is 32.1 Å². The predicted octanol–water partition coefficient (Wildman–Crippen LogP) is 1.99. The van der Waals surface area contributed by atoms with Crippen LogP contribution in [0.4, 0.5) is 5.69 Å². The Kier molecular flexibility index (Phi) is 3.02. The predicted molar refractivity (Wildman–Crippen MR) is 73.1 cm³/mol. The fourth-order valence-electron chi connectivity index (χ4n) is 2.50. The van der Waals surface area contributed by atoms with Crippen LogP contribution in [0, 0.1) is 0 Å². The summed E-state index contributed by atoms with van der Waals surface area (Å²) in [5.41, 5.74) is 2.33. The van der Waals surface area contributed by atoms with Gasteiger partial charge in [0.05, 0.1) is 17.7 Å². The van der Waals surface area contributed by atoms with E-state index < -0.39 is 0 Å². The standard InChI is InChI=1S/C14H18N4/c1-17-8-6-12(10-17)16-13-4-2-3-5-14(13)18-9-7-15-11-18/h2-5,7,9,11-12,16H,6,8,10H2,1H3. The second-order valence-electron chi connectivity index (χ2n) is 4.88. The van der Waals surface area contributed by atoms with Gasteiger partial charge in [0.15, 0.2) is 0 Å². The van der Waals surface area contributed by atoms with Gasteiger partial charge in [0, 0.05) is 25.0 Å². The molecule has 0 spiro atoms. The van der Waals surface area contributed by atoms with E-state index in [2.05, 4.69) is 46.5 Å². The van der Waals surface area contributed by atoms with Crippen molar-refractivity contribution in [2.45, 2.75) is 12.5 Å². The summed E-state index contributed by atoms with van der Waals surface area (Å²) in [4.78, 5) is 6.47. The number of anilines is 1. The molecule has 1 atom stereocenters. The molecule has 1 unspecified atom stereocenters. The van der Waals surface area contributed by atoms with Gasteiger partial charge in [-0.3, -0.25) is 0 Å². The number of imidazole rings is 1. The van der Waals surface area contributed by atoms with E-state index in [0.717, 1.165) is 12.2 Å². The van der Waals surface area contributed by atoms with Crippen molar-refractivity contribution in [1.29, 1.82) is 0 Å². The Morgan fingerprint density at radius 2 is 2.22 bits per heavy atom. The first-order chi connectivity index (χ1) is 8.83. The lowest BCUT2D eigenvalue weighted by Crippen LogP contribution is -2.24. The zero-order valence-electron chi connectivity index (χ0n) is 10.6. The SMILES string of the molecule is CN1CCC(Nc2ccccc2-n2ccnc2)C1. The quantitative estimate of drug-likeness (QED) is 0.893. The van der Waals surface area contributed by atoms with E-state index >= 15 is 0 Å². The maximum Gasteiger partial charge on any atom is 0.0992 e. The van der Waals surface area contributed by atoms with Crippen molar-refractivity contribution in [1.82, 2.24) is 14.5 Å². The first-order valence-corrected chi connectivity index (χ1v) is 6.35. The lowest BCUT2D eigenvalue weighted by Gasteiger charge is -2.17. The molecule has 1 aliphatic heterocycles. The number of likely N-dealkylation sites (tertiary alicyclic amines) is 1. The second-order valence-corrected chi connectivity index (χ2v) is 4.88. The molecule has 1 saturated heterocycles. The highest BCUT2D eigenvalue weighted by Crippen LogP contribution is 2.22. The van der Waals surface area contributed by atoms with Gasteiger partial charge in [0.1, 0.15) is 0 Å². The minimum Gasteiger partial charge on any atom is -0.379 e. The van der Waals surface area contributed by atoms with Crippen molar-refractivity contribution >= 4 is 5.69 Å². The van der Waals surface area contributed by atoms with E-state index in [9.17, 15) is 0 Å². The first-order valence-electron chi connectivity index (χ1n) is 6.35. The van der Waals surface area contributed by atoms with E-state index in [4.69, 9.17) is 0 Å². The molecule has 18 heavy (non-hydrogen) atoms. The molecule has 0 bridgehead atoms. The number of benzene rings is 1. The maximum atomic E-state index is 4.11. The van der Waals surface area contributed by atoms with Gasteiger partial charge >= 0.3 is 0 Å². The Bertz CT molecular complexity index is 506. The van der Waals surface area contributed by atoms with Crippen LogP contribution in [0.15, 0.2) is 43.0 Å². The number of hydrogen-bond acceptors (Lipinski definition) is 3. The van der Waals surface area contributed by atoms with Crippen molar-refractivity contribution in [2.75, 3.05) is 25.5 Å². The summed E-state index contributed by atoms with van der Waals surface area (Å²) in [7, 11) is 2.17.